The van der Waals surface area contributed by atoms with Crippen molar-refractivity contribution in [1.29, 1.82) is 0 Å². The first-order chi connectivity index (χ1) is 15.8. The van der Waals surface area contributed by atoms with Crippen LogP contribution in [0.3, 0.4) is 0 Å². The van der Waals surface area contributed by atoms with Gasteiger partial charge in [0.1, 0.15) is 18.7 Å². The van der Waals surface area contributed by atoms with E-state index in [1.807, 2.05) is 62.4 Å². The average molecular weight is 455 g/mol. The molecule has 1 aliphatic rings. The van der Waals surface area contributed by atoms with E-state index in [2.05, 4.69) is 10.6 Å². The van der Waals surface area contributed by atoms with Gasteiger partial charge in [0.15, 0.2) is 0 Å². The number of hydrogen-bond donors (Lipinski definition) is 4. The Morgan fingerprint density at radius 1 is 0.909 bits per heavy atom. The highest BCUT2D eigenvalue weighted by atomic mass is 16.5. The number of aliphatic hydroxyl groups excluding tert-OH is 1. The van der Waals surface area contributed by atoms with Crippen LogP contribution in [0.1, 0.15) is 43.7 Å². The molecule has 2 amide bonds. The molecule has 0 saturated heterocycles. The molecule has 0 aromatic heterocycles. The van der Waals surface area contributed by atoms with Gasteiger partial charge in [0.05, 0.1) is 6.61 Å². The van der Waals surface area contributed by atoms with Crippen LogP contribution < -0.4 is 10.6 Å². The number of nitrogens with one attached hydrogen (secondary N) is 2. The molecule has 3 rings (SSSR count). The zero-order valence-electron chi connectivity index (χ0n) is 18.8. The first-order valence-electron chi connectivity index (χ1n) is 11.1. The topological polar surface area (TPSA) is 125 Å². The zero-order chi connectivity index (χ0) is 24.0. The van der Waals surface area contributed by atoms with Gasteiger partial charge < -0.3 is 25.6 Å². The molecule has 0 radical (unpaired) electrons. The fourth-order valence-electron chi connectivity index (χ4n) is 4.01. The summed E-state index contributed by atoms with van der Waals surface area (Å²) in [5.41, 5.74) is 4.38. The molecule has 0 spiro atoms. The number of carboxylic acids is 1. The first kappa shape index (κ1) is 24.3. The minimum absolute atomic E-state index is 0.104. The van der Waals surface area contributed by atoms with Crippen LogP contribution in [0.15, 0.2) is 48.5 Å². The van der Waals surface area contributed by atoms with E-state index >= 15 is 0 Å². The third-order valence-electron chi connectivity index (χ3n) is 5.78. The number of amides is 2. The molecule has 0 bridgehead atoms. The number of alkyl carbamates (subject to hydrolysis) is 1. The van der Waals surface area contributed by atoms with E-state index in [-0.39, 0.29) is 18.4 Å². The largest absolute Gasteiger partial charge is 0.480 e. The van der Waals surface area contributed by atoms with E-state index in [1.54, 1.807) is 0 Å². The Morgan fingerprint density at radius 3 is 2.00 bits per heavy atom. The predicted octanol–water partition coefficient (Wildman–Crippen LogP) is 2.89. The number of benzene rings is 2. The second-order valence-electron chi connectivity index (χ2n) is 8.58. The van der Waals surface area contributed by atoms with E-state index in [4.69, 9.17) is 9.84 Å². The van der Waals surface area contributed by atoms with Gasteiger partial charge in [-0.25, -0.2) is 9.59 Å². The molecule has 2 aromatic carbocycles. The summed E-state index contributed by atoms with van der Waals surface area (Å²) in [7, 11) is 0. The van der Waals surface area contributed by atoms with Crippen molar-refractivity contribution in [2.24, 2.45) is 5.92 Å². The molecule has 0 heterocycles. The Labute approximate surface area is 193 Å². The molecule has 0 fully saturated rings. The Morgan fingerprint density at radius 2 is 1.48 bits per heavy atom. The first-order valence-corrected chi connectivity index (χ1v) is 11.1. The molecule has 176 valence electrons. The van der Waals surface area contributed by atoms with Crippen LogP contribution in [0.2, 0.25) is 0 Å². The van der Waals surface area contributed by atoms with Crippen LogP contribution >= 0.6 is 0 Å². The quantitative estimate of drug-likeness (QED) is 0.438. The maximum atomic E-state index is 12.6. The van der Waals surface area contributed by atoms with Crippen molar-refractivity contribution in [2.75, 3.05) is 13.2 Å². The van der Waals surface area contributed by atoms with Crippen molar-refractivity contribution >= 4 is 18.0 Å². The summed E-state index contributed by atoms with van der Waals surface area (Å²) in [6.07, 6.45) is 0.195. The molecule has 2 atom stereocenters. The molecule has 33 heavy (non-hydrogen) atoms. The van der Waals surface area contributed by atoms with Gasteiger partial charge in [-0.3, -0.25) is 4.79 Å². The lowest BCUT2D eigenvalue weighted by atomic mass is 9.98. The number of fused-ring (bicyclic) bond motifs is 3. The summed E-state index contributed by atoms with van der Waals surface area (Å²) in [4.78, 5) is 36.3. The fourth-order valence-corrected chi connectivity index (χ4v) is 4.01. The van der Waals surface area contributed by atoms with Crippen LogP contribution in [-0.4, -0.2) is 53.5 Å². The molecule has 0 saturated carbocycles. The van der Waals surface area contributed by atoms with Gasteiger partial charge in [0.25, 0.3) is 0 Å². The van der Waals surface area contributed by atoms with Crippen molar-refractivity contribution in [3.05, 3.63) is 59.7 Å². The number of aliphatic hydroxyl groups is 1. The smallest absolute Gasteiger partial charge is 0.407 e. The monoisotopic (exact) mass is 454 g/mol. The van der Waals surface area contributed by atoms with Gasteiger partial charge in [-0.15, -0.1) is 0 Å². The van der Waals surface area contributed by atoms with E-state index in [0.717, 1.165) is 22.3 Å². The summed E-state index contributed by atoms with van der Waals surface area (Å²) in [5.74, 6) is -1.87. The molecule has 1 aliphatic carbocycles. The van der Waals surface area contributed by atoms with E-state index in [0.29, 0.717) is 12.8 Å². The molecule has 8 nitrogen and oxygen atoms in total. The van der Waals surface area contributed by atoms with Crippen LogP contribution in [0.4, 0.5) is 4.79 Å². The van der Waals surface area contributed by atoms with E-state index < -0.39 is 36.7 Å². The molecule has 4 N–H and O–H groups in total. The van der Waals surface area contributed by atoms with Gasteiger partial charge in [0.2, 0.25) is 5.91 Å². The van der Waals surface area contributed by atoms with Crippen LogP contribution in [0.25, 0.3) is 11.1 Å². The van der Waals surface area contributed by atoms with Gasteiger partial charge >= 0.3 is 12.1 Å². The minimum Gasteiger partial charge on any atom is -0.480 e. The summed E-state index contributed by atoms with van der Waals surface area (Å²) in [6.45, 7) is 3.32. The van der Waals surface area contributed by atoms with Crippen molar-refractivity contribution in [3.63, 3.8) is 0 Å². The highest BCUT2D eigenvalue weighted by molar-refractivity contribution is 5.89. The Bertz CT molecular complexity index is 960. The molecular formula is C25H30N2O6. The normalized spacial score (nSPS) is 14.2. The third-order valence-corrected chi connectivity index (χ3v) is 5.78. The zero-order valence-corrected chi connectivity index (χ0v) is 18.8. The van der Waals surface area contributed by atoms with Crippen molar-refractivity contribution < 1.29 is 29.3 Å². The summed E-state index contributed by atoms with van der Waals surface area (Å²) < 4.78 is 5.51. The number of ether oxygens (including phenoxy) is 1. The summed E-state index contributed by atoms with van der Waals surface area (Å²) in [5, 5.41) is 23.1. The molecular weight excluding hydrogens is 424 g/mol. The lowest BCUT2D eigenvalue weighted by Gasteiger charge is -2.22. The highest BCUT2D eigenvalue weighted by Gasteiger charge is 2.30. The maximum absolute atomic E-state index is 12.6. The van der Waals surface area contributed by atoms with Gasteiger partial charge in [0, 0.05) is 5.92 Å². The Kier molecular flexibility index (Phi) is 8.06. The number of carbonyl (C=O) groups excluding carboxylic acids is 2. The number of aliphatic carboxylic acids is 1. The van der Waals surface area contributed by atoms with Gasteiger partial charge in [-0.05, 0) is 41.0 Å². The number of hydrogen-bond acceptors (Lipinski definition) is 5. The third kappa shape index (κ3) is 5.90. The van der Waals surface area contributed by atoms with Crippen molar-refractivity contribution in [1.82, 2.24) is 10.6 Å². The predicted molar refractivity (Wildman–Crippen MR) is 123 cm³/mol. The lowest BCUT2D eigenvalue weighted by molar-refractivity contribution is -0.143. The second-order valence-corrected chi connectivity index (χ2v) is 8.58. The summed E-state index contributed by atoms with van der Waals surface area (Å²) >= 11 is 0. The SMILES string of the molecule is CC(C)CCC(NC(=O)OCC1c2ccccc2-c2ccccc21)C(=O)N[C@H](CO)C(=O)O. The summed E-state index contributed by atoms with van der Waals surface area (Å²) in [6, 6.07) is 13.5. The van der Waals surface area contributed by atoms with Crippen LogP contribution in [0.5, 0.6) is 0 Å². The average Bonchev–Trinajstić information content (AvgIpc) is 3.12. The number of rotatable bonds is 10. The molecule has 2 aromatic rings. The standard InChI is InChI=1S/C25H30N2O6/c1-15(2)11-12-21(23(29)26-22(13-28)24(30)31)27-25(32)33-14-20-18-9-5-3-7-16(18)17-8-4-6-10-19(17)20/h3-10,15,20-22,28H,11-14H2,1-2H3,(H,26,29)(H,27,32)(H,30,31)/t21?,22-/m1/s1. The van der Waals surface area contributed by atoms with Crippen molar-refractivity contribution in [2.45, 2.75) is 44.7 Å². The minimum atomic E-state index is -1.44. The number of carbonyl (C=O) groups is 3. The molecule has 1 unspecified atom stereocenters. The lowest BCUT2D eigenvalue weighted by Crippen LogP contribution is -2.52. The second kappa shape index (κ2) is 11.0. The van der Waals surface area contributed by atoms with E-state index in [9.17, 15) is 19.5 Å². The van der Waals surface area contributed by atoms with Gasteiger partial charge in [-0.2, -0.15) is 0 Å². The molecule has 0 aliphatic heterocycles. The van der Waals surface area contributed by atoms with Gasteiger partial charge in [-0.1, -0.05) is 62.4 Å². The Hall–Kier alpha value is -3.39. The fraction of sp³-hybridized carbons (Fsp3) is 0.400. The van der Waals surface area contributed by atoms with E-state index in [1.165, 1.54) is 0 Å². The number of carboxylic acid groups (broad SMARTS) is 1. The van der Waals surface area contributed by atoms with Crippen molar-refractivity contribution in [3.8, 4) is 11.1 Å². The maximum Gasteiger partial charge on any atom is 0.407 e. The van der Waals surface area contributed by atoms with Crippen LogP contribution in [-0.2, 0) is 14.3 Å². The van der Waals surface area contributed by atoms with Crippen LogP contribution in [0, 0.1) is 5.92 Å². The Balaban J connectivity index is 1.66. The highest BCUT2D eigenvalue weighted by Crippen LogP contribution is 2.44. The molecule has 8 heteroatoms.